The van der Waals surface area contributed by atoms with Gasteiger partial charge in [0.1, 0.15) is 11.6 Å². The van der Waals surface area contributed by atoms with Crippen LogP contribution in [-0.2, 0) is 6.42 Å². The molecule has 0 radical (unpaired) electrons. The third-order valence-corrected chi connectivity index (χ3v) is 3.65. The summed E-state index contributed by atoms with van der Waals surface area (Å²) >= 11 is 5.46. The second kappa shape index (κ2) is 6.35. The van der Waals surface area contributed by atoms with E-state index in [4.69, 9.17) is 11.6 Å². The number of Topliss-reactive ketones (excluding diaryl/α,β-unsaturated/α-hetero) is 1. The molecule has 21 heavy (non-hydrogen) atoms. The average Bonchev–Trinajstić information content (AvgIpc) is 2.90. The maximum absolute atomic E-state index is 13.7. The number of benzene rings is 1. The molecule has 0 saturated heterocycles. The quantitative estimate of drug-likeness (QED) is 0.612. The fraction of sp³-hybridized carbons (Fsp3) is 0.333. The minimum absolute atomic E-state index is 0.0819. The molecule has 0 bridgehead atoms. The summed E-state index contributed by atoms with van der Waals surface area (Å²) in [6.45, 7) is 4.04. The molecule has 1 aromatic heterocycles. The number of carbonyl (C=O) groups excluding carboxylic acids is 1. The van der Waals surface area contributed by atoms with Crippen molar-refractivity contribution < 1.29 is 13.6 Å². The Labute approximate surface area is 126 Å². The summed E-state index contributed by atoms with van der Waals surface area (Å²) in [6, 6.07) is 3.56. The van der Waals surface area contributed by atoms with Crippen molar-refractivity contribution >= 4 is 17.4 Å². The van der Waals surface area contributed by atoms with Crippen LogP contribution in [0, 0.1) is 11.6 Å². The Hall–Kier alpha value is -1.75. The molecule has 0 aliphatic heterocycles. The molecule has 6 heteroatoms. The van der Waals surface area contributed by atoms with Gasteiger partial charge in [0.2, 0.25) is 0 Å². The fourth-order valence-electron chi connectivity index (χ4n) is 1.90. The van der Waals surface area contributed by atoms with Gasteiger partial charge in [0.15, 0.2) is 5.78 Å². The number of hydrogen-bond acceptors (Lipinski definition) is 2. The van der Waals surface area contributed by atoms with Gasteiger partial charge in [-0.2, -0.15) is 5.10 Å². The lowest BCUT2D eigenvalue weighted by Gasteiger charge is -2.08. The molecule has 2 aromatic rings. The van der Waals surface area contributed by atoms with Crippen LogP contribution >= 0.6 is 11.6 Å². The molecule has 0 N–H and O–H groups in total. The molecule has 0 aliphatic carbocycles. The molecule has 1 atom stereocenters. The third kappa shape index (κ3) is 3.47. The van der Waals surface area contributed by atoms with Crippen molar-refractivity contribution in [2.75, 3.05) is 0 Å². The summed E-state index contributed by atoms with van der Waals surface area (Å²) in [4.78, 5) is 12.0. The predicted molar refractivity (Wildman–Crippen MR) is 76.6 cm³/mol. The van der Waals surface area contributed by atoms with Crippen molar-refractivity contribution in [3.05, 3.63) is 52.3 Å². The maximum Gasteiger partial charge on any atom is 0.171 e. The van der Waals surface area contributed by atoms with Crippen molar-refractivity contribution in [3.63, 3.8) is 0 Å². The van der Waals surface area contributed by atoms with E-state index in [1.54, 1.807) is 16.9 Å². The Morgan fingerprint density at radius 3 is 2.76 bits per heavy atom. The van der Waals surface area contributed by atoms with Gasteiger partial charge in [-0.25, -0.2) is 8.78 Å². The summed E-state index contributed by atoms with van der Waals surface area (Å²) in [5.74, 6) is -2.17. The van der Waals surface area contributed by atoms with Crippen LogP contribution < -0.4 is 0 Å². The van der Waals surface area contributed by atoms with E-state index >= 15 is 0 Å². The molecule has 0 saturated carbocycles. The van der Waals surface area contributed by atoms with E-state index in [0.29, 0.717) is 5.69 Å². The van der Waals surface area contributed by atoms with E-state index in [9.17, 15) is 13.6 Å². The number of halogens is 3. The maximum atomic E-state index is 13.7. The first-order valence-electron chi connectivity index (χ1n) is 6.64. The topological polar surface area (TPSA) is 34.9 Å². The Balaban J connectivity index is 2.18. The molecule has 2 rings (SSSR count). The second-order valence-corrected chi connectivity index (χ2v) is 5.30. The molecule has 0 spiro atoms. The standard InChI is InChI=1S/C15H15ClF2N2O/c1-3-9(2)20-5-4-10(19-20)6-15(21)11-7-14(18)12(16)8-13(11)17/h4-5,7-9H,3,6H2,1-2H3. The molecule has 0 amide bonds. The summed E-state index contributed by atoms with van der Waals surface area (Å²) in [7, 11) is 0. The highest BCUT2D eigenvalue weighted by Gasteiger charge is 2.17. The first-order chi connectivity index (χ1) is 9.92. The van der Waals surface area contributed by atoms with Crippen LogP contribution in [0.4, 0.5) is 8.78 Å². The van der Waals surface area contributed by atoms with Crippen LogP contribution in [0.15, 0.2) is 24.4 Å². The number of rotatable bonds is 5. The summed E-state index contributed by atoms with van der Waals surface area (Å²) in [5.41, 5.74) is 0.213. The largest absolute Gasteiger partial charge is 0.294 e. The van der Waals surface area contributed by atoms with Crippen LogP contribution in [0.1, 0.15) is 42.4 Å². The van der Waals surface area contributed by atoms with Gasteiger partial charge in [-0.15, -0.1) is 0 Å². The Morgan fingerprint density at radius 2 is 2.10 bits per heavy atom. The highest BCUT2D eigenvalue weighted by molar-refractivity contribution is 6.30. The number of hydrogen-bond donors (Lipinski definition) is 0. The van der Waals surface area contributed by atoms with E-state index in [0.717, 1.165) is 18.6 Å². The third-order valence-electron chi connectivity index (χ3n) is 3.36. The van der Waals surface area contributed by atoms with Crippen LogP contribution in [0.25, 0.3) is 0 Å². The average molecular weight is 313 g/mol. The van der Waals surface area contributed by atoms with Gasteiger partial charge in [0, 0.05) is 12.2 Å². The van der Waals surface area contributed by atoms with Crippen LogP contribution in [0.2, 0.25) is 5.02 Å². The van der Waals surface area contributed by atoms with Crippen molar-refractivity contribution in [2.24, 2.45) is 0 Å². The number of nitrogens with zero attached hydrogens (tertiary/aromatic N) is 2. The van der Waals surface area contributed by atoms with Crippen LogP contribution in [0.5, 0.6) is 0 Å². The van der Waals surface area contributed by atoms with Gasteiger partial charge < -0.3 is 0 Å². The summed E-state index contributed by atoms with van der Waals surface area (Å²) < 4.78 is 28.8. The smallest absolute Gasteiger partial charge is 0.171 e. The highest BCUT2D eigenvalue weighted by atomic mass is 35.5. The molecule has 0 aliphatic rings. The summed E-state index contributed by atoms with van der Waals surface area (Å²) in [6.07, 6.45) is 2.60. The zero-order valence-electron chi connectivity index (χ0n) is 11.7. The fourth-order valence-corrected chi connectivity index (χ4v) is 2.05. The van der Waals surface area contributed by atoms with E-state index in [-0.39, 0.29) is 23.0 Å². The van der Waals surface area contributed by atoms with Gasteiger partial charge in [-0.05, 0) is 31.5 Å². The monoisotopic (exact) mass is 312 g/mol. The van der Waals surface area contributed by atoms with Gasteiger partial charge in [0.05, 0.1) is 22.7 Å². The van der Waals surface area contributed by atoms with E-state index in [2.05, 4.69) is 5.10 Å². The lowest BCUT2D eigenvalue weighted by molar-refractivity contribution is 0.0987. The van der Waals surface area contributed by atoms with Crippen molar-refractivity contribution in [1.82, 2.24) is 9.78 Å². The Morgan fingerprint density at radius 1 is 1.38 bits per heavy atom. The van der Waals surface area contributed by atoms with Gasteiger partial charge in [0.25, 0.3) is 0 Å². The minimum atomic E-state index is -0.826. The molecule has 1 unspecified atom stereocenters. The first-order valence-corrected chi connectivity index (χ1v) is 7.02. The molecule has 1 heterocycles. The van der Waals surface area contributed by atoms with Crippen LogP contribution in [-0.4, -0.2) is 15.6 Å². The zero-order chi connectivity index (χ0) is 15.6. The summed E-state index contributed by atoms with van der Waals surface area (Å²) in [5, 5.41) is 3.93. The van der Waals surface area contributed by atoms with E-state index in [1.165, 1.54) is 0 Å². The zero-order valence-corrected chi connectivity index (χ0v) is 12.5. The number of carbonyl (C=O) groups is 1. The Bertz CT molecular complexity index is 670. The molecule has 1 aromatic carbocycles. The minimum Gasteiger partial charge on any atom is -0.294 e. The lowest BCUT2D eigenvalue weighted by atomic mass is 10.1. The molecular formula is C15H15ClF2N2O. The molecule has 112 valence electrons. The first kappa shape index (κ1) is 15.6. The van der Waals surface area contributed by atoms with Gasteiger partial charge in [-0.1, -0.05) is 18.5 Å². The molecular weight excluding hydrogens is 298 g/mol. The lowest BCUT2D eigenvalue weighted by Crippen LogP contribution is -2.09. The SMILES string of the molecule is CCC(C)n1ccc(CC(=O)c2cc(F)c(Cl)cc2F)n1. The van der Waals surface area contributed by atoms with Crippen LogP contribution in [0.3, 0.4) is 0 Å². The normalized spacial score (nSPS) is 12.4. The second-order valence-electron chi connectivity index (χ2n) is 4.89. The van der Waals surface area contributed by atoms with Gasteiger partial charge in [-0.3, -0.25) is 9.48 Å². The van der Waals surface area contributed by atoms with Crippen molar-refractivity contribution in [3.8, 4) is 0 Å². The van der Waals surface area contributed by atoms with Crippen molar-refractivity contribution in [2.45, 2.75) is 32.7 Å². The van der Waals surface area contributed by atoms with Crippen molar-refractivity contribution in [1.29, 1.82) is 0 Å². The highest BCUT2D eigenvalue weighted by Crippen LogP contribution is 2.20. The van der Waals surface area contributed by atoms with E-state index < -0.39 is 17.4 Å². The number of aromatic nitrogens is 2. The number of ketones is 1. The predicted octanol–water partition coefficient (Wildman–Crippen LogP) is 4.21. The van der Waals surface area contributed by atoms with Gasteiger partial charge >= 0.3 is 0 Å². The van der Waals surface area contributed by atoms with E-state index in [1.807, 2.05) is 13.8 Å². The Kier molecular flexibility index (Phi) is 4.73. The molecule has 0 fully saturated rings. The molecule has 3 nitrogen and oxygen atoms in total.